The third-order valence-corrected chi connectivity index (χ3v) is 1.60. The number of rotatable bonds is 6. The van der Waals surface area contributed by atoms with Crippen molar-refractivity contribution in [2.24, 2.45) is 0 Å². The highest BCUT2D eigenvalue weighted by Gasteiger charge is 2.19. The first-order chi connectivity index (χ1) is 7.76. The molecule has 0 N–H and O–H groups in total. The minimum Gasteiger partial charge on any atom is -0.379 e. The monoisotopic (exact) mass is 247 g/mol. The molecule has 0 fully saturated rings. The van der Waals surface area contributed by atoms with Gasteiger partial charge in [-0.3, -0.25) is 0 Å². The summed E-state index contributed by atoms with van der Waals surface area (Å²) in [6.07, 6.45) is 1.41. The summed E-state index contributed by atoms with van der Waals surface area (Å²) in [5, 5.41) is 0. The minimum atomic E-state index is -0.0994. The van der Waals surface area contributed by atoms with E-state index >= 15 is 0 Å². The molecule has 3 nitrogen and oxygen atoms in total. The van der Waals surface area contributed by atoms with E-state index in [1.54, 1.807) is 0 Å². The summed E-state index contributed by atoms with van der Waals surface area (Å²) in [4.78, 5) is 2.12. The van der Waals surface area contributed by atoms with E-state index in [2.05, 4.69) is 39.5 Å². The molecule has 1 atom stereocenters. The standard InChI is InChI=1S/C11H25NO2.C3H8/c1-7-13-9-10(8-12(5)6)14-11(2,3)4;1-3-2/h10H,7-9H2,1-6H3;3H2,1-2H3. The van der Waals surface area contributed by atoms with E-state index < -0.39 is 0 Å². The molecule has 0 bridgehead atoms. The van der Waals surface area contributed by atoms with E-state index in [0.717, 1.165) is 13.2 Å². The van der Waals surface area contributed by atoms with Gasteiger partial charge in [0.2, 0.25) is 0 Å². The van der Waals surface area contributed by atoms with Crippen molar-refractivity contribution in [1.82, 2.24) is 4.90 Å². The predicted octanol–water partition coefficient (Wildman–Crippen LogP) is 3.18. The maximum atomic E-state index is 5.88. The van der Waals surface area contributed by atoms with Gasteiger partial charge in [0.05, 0.1) is 18.3 Å². The zero-order chi connectivity index (χ0) is 13.9. The van der Waals surface area contributed by atoms with Crippen LogP contribution in [-0.4, -0.2) is 50.5 Å². The average molecular weight is 247 g/mol. The molecule has 0 heterocycles. The summed E-state index contributed by atoms with van der Waals surface area (Å²) in [5.74, 6) is 0. The SMILES string of the molecule is CCC.CCOCC(CN(C)C)OC(C)(C)C. The van der Waals surface area contributed by atoms with Gasteiger partial charge < -0.3 is 14.4 Å². The lowest BCUT2D eigenvalue weighted by Gasteiger charge is -2.29. The quantitative estimate of drug-likeness (QED) is 0.719. The lowest BCUT2D eigenvalue weighted by atomic mass is 10.2. The van der Waals surface area contributed by atoms with Crippen molar-refractivity contribution in [3.05, 3.63) is 0 Å². The molecule has 17 heavy (non-hydrogen) atoms. The zero-order valence-corrected chi connectivity index (χ0v) is 13.2. The number of hydrogen-bond donors (Lipinski definition) is 0. The van der Waals surface area contributed by atoms with Gasteiger partial charge >= 0.3 is 0 Å². The molecule has 0 aromatic carbocycles. The van der Waals surface area contributed by atoms with Crippen LogP contribution in [0.2, 0.25) is 0 Å². The normalized spacial score (nSPS) is 13.2. The number of hydrogen-bond acceptors (Lipinski definition) is 3. The Bertz CT molecular complexity index is 153. The zero-order valence-electron chi connectivity index (χ0n) is 13.2. The first-order valence-electron chi connectivity index (χ1n) is 6.67. The number of likely N-dealkylation sites (N-methyl/N-ethyl adjacent to an activating group) is 1. The smallest absolute Gasteiger partial charge is 0.0941 e. The molecule has 3 heteroatoms. The lowest BCUT2D eigenvalue weighted by Crippen LogP contribution is -2.38. The van der Waals surface area contributed by atoms with Gasteiger partial charge in [-0.1, -0.05) is 20.3 Å². The number of ether oxygens (including phenoxy) is 2. The maximum Gasteiger partial charge on any atom is 0.0941 e. The predicted molar refractivity (Wildman–Crippen MR) is 75.6 cm³/mol. The van der Waals surface area contributed by atoms with Crippen LogP contribution in [0.25, 0.3) is 0 Å². The van der Waals surface area contributed by atoms with Crippen molar-refractivity contribution < 1.29 is 9.47 Å². The van der Waals surface area contributed by atoms with Crippen molar-refractivity contribution in [3.8, 4) is 0 Å². The van der Waals surface area contributed by atoms with E-state index in [9.17, 15) is 0 Å². The van der Waals surface area contributed by atoms with Gasteiger partial charge in [0.25, 0.3) is 0 Å². The summed E-state index contributed by atoms with van der Waals surface area (Å²) in [6.45, 7) is 14.8. The highest BCUT2D eigenvalue weighted by atomic mass is 16.5. The molecule has 0 radical (unpaired) electrons. The van der Waals surface area contributed by atoms with E-state index in [4.69, 9.17) is 9.47 Å². The van der Waals surface area contributed by atoms with Crippen LogP contribution in [0, 0.1) is 0 Å². The Morgan fingerprint density at radius 3 is 1.82 bits per heavy atom. The van der Waals surface area contributed by atoms with Crippen molar-refractivity contribution in [2.75, 3.05) is 33.9 Å². The minimum absolute atomic E-state index is 0.0994. The Morgan fingerprint density at radius 1 is 1.06 bits per heavy atom. The van der Waals surface area contributed by atoms with Crippen molar-refractivity contribution >= 4 is 0 Å². The fourth-order valence-corrected chi connectivity index (χ4v) is 1.28. The van der Waals surface area contributed by atoms with E-state index in [-0.39, 0.29) is 11.7 Å². The summed E-state index contributed by atoms with van der Waals surface area (Å²) in [7, 11) is 4.09. The first kappa shape index (κ1) is 19.2. The van der Waals surface area contributed by atoms with Gasteiger partial charge in [0, 0.05) is 13.2 Å². The molecule has 0 aliphatic carbocycles. The van der Waals surface area contributed by atoms with Crippen LogP contribution in [0.5, 0.6) is 0 Å². The van der Waals surface area contributed by atoms with E-state index in [1.807, 2.05) is 21.0 Å². The third-order valence-electron chi connectivity index (χ3n) is 1.60. The van der Waals surface area contributed by atoms with Crippen molar-refractivity contribution in [2.45, 2.75) is 59.7 Å². The topological polar surface area (TPSA) is 21.7 Å². The average Bonchev–Trinajstić information content (AvgIpc) is 2.12. The van der Waals surface area contributed by atoms with Crippen LogP contribution in [0.3, 0.4) is 0 Å². The summed E-state index contributed by atoms with van der Waals surface area (Å²) < 4.78 is 11.3. The molecule has 0 aromatic rings. The van der Waals surface area contributed by atoms with Crippen LogP contribution >= 0.6 is 0 Å². The Balaban J connectivity index is 0. The van der Waals surface area contributed by atoms with Crippen LogP contribution in [0.15, 0.2) is 0 Å². The molecule has 0 amide bonds. The molecule has 106 valence electrons. The fraction of sp³-hybridized carbons (Fsp3) is 1.00. The Hall–Kier alpha value is -0.120. The van der Waals surface area contributed by atoms with Crippen molar-refractivity contribution in [3.63, 3.8) is 0 Å². The van der Waals surface area contributed by atoms with Gasteiger partial charge in [-0.25, -0.2) is 0 Å². The third kappa shape index (κ3) is 18.4. The summed E-state index contributed by atoms with van der Waals surface area (Å²) in [6, 6.07) is 0. The summed E-state index contributed by atoms with van der Waals surface area (Å²) in [5.41, 5.74) is -0.0994. The highest BCUT2D eigenvalue weighted by Crippen LogP contribution is 2.11. The molecule has 1 unspecified atom stereocenters. The molecule has 0 spiro atoms. The second kappa shape index (κ2) is 11.0. The van der Waals surface area contributed by atoms with Crippen LogP contribution < -0.4 is 0 Å². The Kier molecular flexibility index (Phi) is 12.4. The van der Waals surface area contributed by atoms with Crippen LogP contribution in [0.4, 0.5) is 0 Å². The van der Waals surface area contributed by atoms with Gasteiger partial charge in [-0.05, 0) is 41.8 Å². The molecular formula is C14H33NO2. The van der Waals surface area contributed by atoms with Gasteiger partial charge in [-0.2, -0.15) is 0 Å². The second-order valence-electron chi connectivity index (χ2n) is 5.48. The number of nitrogens with zero attached hydrogens (tertiary/aromatic N) is 1. The van der Waals surface area contributed by atoms with Crippen molar-refractivity contribution in [1.29, 1.82) is 0 Å². The lowest BCUT2D eigenvalue weighted by molar-refractivity contribution is -0.0976. The van der Waals surface area contributed by atoms with Gasteiger partial charge in [0.15, 0.2) is 0 Å². The van der Waals surface area contributed by atoms with E-state index in [1.165, 1.54) is 6.42 Å². The molecular weight excluding hydrogens is 214 g/mol. The Labute approximate surface area is 108 Å². The van der Waals surface area contributed by atoms with Crippen LogP contribution in [0.1, 0.15) is 48.0 Å². The highest BCUT2D eigenvalue weighted by molar-refractivity contribution is 4.68. The first-order valence-corrected chi connectivity index (χ1v) is 6.67. The van der Waals surface area contributed by atoms with Crippen LogP contribution in [-0.2, 0) is 9.47 Å². The maximum absolute atomic E-state index is 5.88. The summed E-state index contributed by atoms with van der Waals surface area (Å²) >= 11 is 0. The molecule has 0 saturated heterocycles. The Morgan fingerprint density at radius 2 is 1.53 bits per heavy atom. The largest absolute Gasteiger partial charge is 0.379 e. The van der Waals surface area contributed by atoms with E-state index in [0.29, 0.717) is 6.61 Å². The molecule has 0 saturated carbocycles. The molecule has 0 aliphatic rings. The molecule has 0 aromatic heterocycles. The molecule has 0 aliphatic heterocycles. The van der Waals surface area contributed by atoms with Gasteiger partial charge in [0.1, 0.15) is 0 Å². The molecule has 0 rings (SSSR count). The second-order valence-corrected chi connectivity index (χ2v) is 5.48. The fourth-order valence-electron chi connectivity index (χ4n) is 1.28. The van der Waals surface area contributed by atoms with Gasteiger partial charge in [-0.15, -0.1) is 0 Å².